The lowest BCUT2D eigenvalue weighted by Crippen LogP contribution is -2.50. The third-order valence-corrected chi connectivity index (χ3v) is 5.92. The van der Waals surface area contributed by atoms with Crippen molar-refractivity contribution in [3.05, 3.63) is 11.8 Å². The van der Waals surface area contributed by atoms with E-state index in [0.29, 0.717) is 0 Å². The van der Waals surface area contributed by atoms with Crippen molar-refractivity contribution in [2.75, 3.05) is 6.54 Å². The van der Waals surface area contributed by atoms with Crippen molar-refractivity contribution in [1.29, 1.82) is 0 Å². The lowest BCUT2D eigenvalue weighted by molar-refractivity contribution is -0.134. The van der Waals surface area contributed by atoms with Crippen LogP contribution in [0.15, 0.2) is 11.8 Å². The quantitative estimate of drug-likeness (QED) is 0.860. The predicted octanol–water partition coefficient (Wildman–Crippen LogP) is 2.40. The van der Waals surface area contributed by atoms with Crippen LogP contribution in [0.5, 0.6) is 0 Å². The summed E-state index contributed by atoms with van der Waals surface area (Å²) in [6, 6.07) is 0. The Morgan fingerprint density at radius 1 is 1.20 bits per heavy atom. The Morgan fingerprint density at radius 3 is 2.20 bits per heavy atom. The molecular weight excluding hydrogens is 254 g/mol. The summed E-state index contributed by atoms with van der Waals surface area (Å²) in [5, 5.41) is 9.03. The van der Waals surface area contributed by atoms with Gasteiger partial charge in [0.2, 0.25) is 5.91 Å². The first-order valence-electron chi connectivity index (χ1n) is 7.76. The minimum Gasteiger partial charge on any atom is -0.478 e. The molecule has 1 aliphatic heterocycles. The number of amides is 1. The van der Waals surface area contributed by atoms with Gasteiger partial charge in [0.05, 0.1) is 12.0 Å². The number of carboxylic acids is 1. The molecule has 4 nitrogen and oxygen atoms in total. The second-order valence-electron chi connectivity index (χ2n) is 7.58. The number of aliphatic carboxylic acids is 1. The highest BCUT2D eigenvalue weighted by Gasteiger charge is 2.51. The maximum absolute atomic E-state index is 12.0. The van der Waals surface area contributed by atoms with E-state index in [-0.39, 0.29) is 23.3 Å². The van der Waals surface area contributed by atoms with Gasteiger partial charge >= 0.3 is 5.97 Å². The van der Waals surface area contributed by atoms with Crippen molar-refractivity contribution in [2.45, 2.75) is 44.9 Å². The highest BCUT2D eigenvalue weighted by molar-refractivity contribution is 5.97. The van der Waals surface area contributed by atoms with Crippen LogP contribution in [0.1, 0.15) is 44.9 Å². The molecule has 1 N–H and O–H groups in total. The summed E-state index contributed by atoms with van der Waals surface area (Å²) in [4.78, 5) is 24.7. The SMILES string of the molecule is O=C(O)C1=CN(CC23CC4CC(CC(C4)C2)C3)C(=O)C1. The first kappa shape index (κ1) is 12.4. The standard InChI is InChI=1S/C16H21NO3/c18-14-4-13(15(19)20)8-17(14)9-16-5-10-1-11(6-16)3-12(2-10)7-16/h8,10-12H,1-7,9H2,(H,19,20). The molecule has 0 aromatic rings. The molecule has 0 aromatic heterocycles. The van der Waals surface area contributed by atoms with Crippen LogP contribution in [-0.4, -0.2) is 28.4 Å². The number of rotatable bonds is 3. The summed E-state index contributed by atoms with van der Waals surface area (Å²) < 4.78 is 0. The van der Waals surface area contributed by atoms with E-state index in [0.717, 1.165) is 24.3 Å². The molecule has 0 atom stereocenters. The molecule has 1 amide bonds. The molecule has 1 heterocycles. The van der Waals surface area contributed by atoms with Gasteiger partial charge in [0, 0.05) is 12.7 Å². The van der Waals surface area contributed by atoms with Crippen molar-refractivity contribution in [1.82, 2.24) is 4.90 Å². The van der Waals surface area contributed by atoms with Crippen molar-refractivity contribution in [2.24, 2.45) is 23.2 Å². The van der Waals surface area contributed by atoms with Gasteiger partial charge < -0.3 is 10.0 Å². The summed E-state index contributed by atoms with van der Waals surface area (Å²) in [6.07, 6.45) is 9.58. The van der Waals surface area contributed by atoms with Crippen molar-refractivity contribution < 1.29 is 14.7 Å². The van der Waals surface area contributed by atoms with Crippen LogP contribution in [0.2, 0.25) is 0 Å². The van der Waals surface area contributed by atoms with E-state index in [1.54, 1.807) is 11.1 Å². The van der Waals surface area contributed by atoms with Gasteiger partial charge in [-0.1, -0.05) is 0 Å². The minimum absolute atomic E-state index is 0.0295. The monoisotopic (exact) mass is 275 g/mol. The Kier molecular flexibility index (Phi) is 2.54. The normalized spacial score (nSPS) is 42.2. The molecule has 4 saturated carbocycles. The fraction of sp³-hybridized carbons (Fsp3) is 0.750. The maximum Gasteiger partial charge on any atom is 0.333 e. The van der Waals surface area contributed by atoms with E-state index in [4.69, 9.17) is 5.11 Å². The fourth-order valence-electron chi connectivity index (χ4n) is 5.68. The molecule has 4 aliphatic carbocycles. The molecule has 5 aliphatic rings. The Labute approximate surface area is 118 Å². The topological polar surface area (TPSA) is 57.6 Å². The highest BCUT2D eigenvalue weighted by atomic mass is 16.4. The molecule has 0 saturated heterocycles. The zero-order valence-corrected chi connectivity index (χ0v) is 11.7. The van der Waals surface area contributed by atoms with E-state index >= 15 is 0 Å². The summed E-state index contributed by atoms with van der Waals surface area (Å²) in [7, 11) is 0. The van der Waals surface area contributed by atoms with Crippen LogP contribution in [-0.2, 0) is 9.59 Å². The van der Waals surface area contributed by atoms with Crippen LogP contribution >= 0.6 is 0 Å². The Balaban J connectivity index is 1.54. The summed E-state index contributed by atoms with van der Waals surface area (Å²) >= 11 is 0. The van der Waals surface area contributed by atoms with Gasteiger partial charge in [0.1, 0.15) is 0 Å². The fourth-order valence-corrected chi connectivity index (χ4v) is 5.68. The molecule has 4 bridgehead atoms. The van der Waals surface area contributed by atoms with E-state index < -0.39 is 5.97 Å². The van der Waals surface area contributed by atoms with Crippen molar-refractivity contribution >= 4 is 11.9 Å². The molecule has 5 rings (SSSR count). The molecule has 0 spiro atoms. The number of carbonyl (C=O) groups is 2. The van der Waals surface area contributed by atoms with Crippen LogP contribution in [0.4, 0.5) is 0 Å². The van der Waals surface area contributed by atoms with Gasteiger partial charge in [-0.15, -0.1) is 0 Å². The van der Waals surface area contributed by atoms with Crippen LogP contribution in [0.25, 0.3) is 0 Å². The zero-order chi connectivity index (χ0) is 13.9. The number of carbonyl (C=O) groups excluding carboxylic acids is 1. The highest BCUT2D eigenvalue weighted by Crippen LogP contribution is 2.60. The van der Waals surface area contributed by atoms with Crippen molar-refractivity contribution in [3.8, 4) is 0 Å². The zero-order valence-electron chi connectivity index (χ0n) is 11.7. The third-order valence-electron chi connectivity index (χ3n) is 5.92. The second kappa shape index (κ2) is 4.09. The largest absolute Gasteiger partial charge is 0.478 e. The van der Waals surface area contributed by atoms with Crippen LogP contribution in [0, 0.1) is 23.2 Å². The third kappa shape index (κ3) is 1.88. The first-order chi connectivity index (χ1) is 9.53. The Morgan fingerprint density at radius 2 is 1.75 bits per heavy atom. The lowest BCUT2D eigenvalue weighted by Gasteiger charge is -2.57. The Hall–Kier alpha value is -1.32. The molecule has 20 heavy (non-hydrogen) atoms. The summed E-state index contributed by atoms with van der Waals surface area (Å²) in [5.41, 5.74) is 0.536. The lowest BCUT2D eigenvalue weighted by atomic mass is 9.49. The summed E-state index contributed by atoms with van der Waals surface area (Å²) in [5.74, 6) is 1.61. The number of hydrogen-bond acceptors (Lipinski definition) is 2. The van der Waals surface area contributed by atoms with E-state index in [1.165, 1.54) is 38.5 Å². The second-order valence-corrected chi connectivity index (χ2v) is 7.58. The molecule has 0 unspecified atom stereocenters. The number of nitrogens with zero attached hydrogens (tertiary/aromatic N) is 1. The smallest absolute Gasteiger partial charge is 0.333 e. The van der Waals surface area contributed by atoms with E-state index in [1.807, 2.05) is 0 Å². The van der Waals surface area contributed by atoms with Gasteiger partial charge in [-0.3, -0.25) is 4.79 Å². The molecule has 108 valence electrons. The van der Waals surface area contributed by atoms with E-state index in [2.05, 4.69) is 0 Å². The van der Waals surface area contributed by atoms with Gasteiger partial charge in [-0.2, -0.15) is 0 Å². The maximum atomic E-state index is 12.0. The van der Waals surface area contributed by atoms with Crippen LogP contribution < -0.4 is 0 Å². The number of carboxylic acid groups (broad SMARTS) is 1. The molecular formula is C16H21NO3. The van der Waals surface area contributed by atoms with Gasteiger partial charge in [-0.05, 0) is 61.7 Å². The minimum atomic E-state index is -0.952. The Bertz CT molecular complexity index is 473. The first-order valence-corrected chi connectivity index (χ1v) is 7.76. The molecule has 4 heteroatoms. The van der Waals surface area contributed by atoms with Crippen LogP contribution in [0.3, 0.4) is 0 Å². The van der Waals surface area contributed by atoms with Gasteiger partial charge in [0.25, 0.3) is 0 Å². The molecule has 0 aromatic carbocycles. The number of hydrogen-bond donors (Lipinski definition) is 1. The molecule has 0 radical (unpaired) electrons. The molecule has 4 fully saturated rings. The summed E-state index contributed by atoms with van der Waals surface area (Å²) in [6.45, 7) is 0.756. The van der Waals surface area contributed by atoms with E-state index in [9.17, 15) is 9.59 Å². The average Bonchev–Trinajstić information content (AvgIpc) is 2.68. The van der Waals surface area contributed by atoms with Gasteiger partial charge in [0.15, 0.2) is 0 Å². The average molecular weight is 275 g/mol. The van der Waals surface area contributed by atoms with Gasteiger partial charge in [-0.25, -0.2) is 4.79 Å². The predicted molar refractivity (Wildman–Crippen MR) is 72.7 cm³/mol. The van der Waals surface area contributed by atoms with Crippen molar-refractivity contribution in [3.63, 3.8) is 0 Å².